The van der Waals surface area contributed by atoms with Gasteiger partial charge >= 0.3 is 6.03 Å². The van der Waals surface area contributed by atoms with Crippen LogP contribution in [0.1, 0.15) is 5.56 Å². The molecule has 2 rings (SSSR count). The van der Waals surface area contributed by atoms with Gasteiger partial charge in [-0.25, -0.2) is 4.79 Å². The molecule has 1 heterocycles. The molecule has 2 amide bonds. The minimum atomic E-state index is -0.268. The van der Waals surface area contributed by atoms with Gasteiger partial charge in [-0.1, -0.05) is 12.1 Å². The van der Waals surface area contributed by atoms with E-state index in [0.29, 0.717) is 25.5 Å². The molecule has 0 unspecified atom stereocenters. The number of hydrogen-bond acceptors (Lipinski definition) is 4. The van der Waals surface area contributed by atoms with Crippen LogP contribution in [0.3, 0.4) is 0 Å². The molecule has 1 aromatic carbocycles. The number of nitrogens with zero attached hydrogens (tertiary/aromatic N) is 2. The second-order valence-corrected chi connectivity index (χ2v) is 4.94. The van der Waals surface area contributed by atoms with Crippen molar-refractivity contribution in [3.05, 3.63) is 42.1 Å². The van der Waals surface area contributed by atoms with E-state index in [4.69, 9.17) is 9.47 Å². The summed E-state index contributed by atoms with van der Waals surface area (Å²) in [5.41, 5.74) is 1.13. The minimum absolute atomic E-state index is 0.268. The molecule has 0 aliphatic rings. The first-order chi connectivity index (χ1) is 11.2. The molecule has 2 aromatic rings. The Kier molecular flexibility index (Phi) is 6.43. The summed E-state index contributed by atoms with van der Waals surface area (Å²) >= 11 is 0. The Balaban J connectivity index is 1.71. The molecule has 0 atom stereocenters. The number of amides is 2. The summed E-state index contributed by atoms with van der Waals surface area (Å²) in [5, 5.41) is 9.73. The molecule has 0 fully saturated rings. The summed E-state index contributed by atoms with van der Waals surface area (Å²) < 4.78 is 11.8. The van der Waals surface area contributed by atoms with Crippen LogP contribution in [0.2, 0.25) is 0 Å². The van der Waals surface area contributed by atoms with E-state index in [0.717, 1.165) is 17.7 Å². The quantitative estimate of drug-likeness (QED) is 0.779. The van der Waals surface area contributed by atoms with Crippen LogP contribution >= 0.6 is 0 Å². The third kappa shape index (κ3) is 5.63. The van der Waals surface area contributed by atoms with Crippen LogP contribution in [-0.4, -0.2) is 43.2 Å². The maximum absolute atomic E-state index is 11.8. The molecule has 0 aliphatic heterocycles. The molecule has 7 nitrogen and oxygen atoms in total. The molecule has 0 radical (unpaired) electrons. The van der Waals surface area contributed by atoms with Crippen molar-refractivity contribution in [1.82, 2.24) is 15.1 Å². The third-order valence-corrected chi connectivity index (χ3v) is 3.27. The number of anilines is 1. The highest BCUT2D eigenvalue weighted by atomic mass is 16.5. The molecule has 0 spiro atoms. The second kappa shape index (κ2) is 8.79. The first kappa shape index (κ1) is 16.8. The fourth-order valence-electron chi connectivity index (χ4n) is 2.01. The Morgan fingerprint density at radius 3 is 2.70 bits per heavy atom. The van der Waals surface area contributed by atoms with Crippen LogP contribution in [0.25, 0.3) is 0 Å². The number of carbonyl (C=O) groups is 1. The van der Waals surface area contributed by atoms with E-state index in [2.05, 4.69) is 15.7 Å². The maximum atomic E-state index is 11.8. The van der Waals surface area contributed by atoms with E-state index in [1.165, 1.54) is 0 Å². The molecular formula is C16H22N4O3. The largest absolute Gasteiger partial charge is 0.497 e. The van der Waals surface area contributed by atoms with Crippen molar-refractivity contribution in [2.75, 3.05) is 32.7 Å². The van der Waals surface area contributed by atoms with E-state index in [1.807, 2.05) is 24.3 Å². The Morgan fingerprint density at radius 2 is 2.00 bits per heavy atom. The third-order valence-electron chi connectivity index (χ3n) is 3.27. The van der Waals surface area contributed by atoms with Crippen LogP contribution in [-0.2, 0) is 17.7 Å². The lowest BCUT2D eigenvalue weighted by Gasteiger charge is -2.06. The van der Waals surface area contributed by atoms with Crippen molar-refractivity contribution >= 4 is 11.8 Å². The monoisotopic (exact) mass is 318 g/mol. The van der Waals surface area contributed by atoms with Crippen molar-refractivity contribution in [3.63, 3.8) is 0 Å². The highest BCUT2D eigenvalue weighted by molar-refractivity contribution is 5.88. The van der Waals surface area contributed by atoms with Gasteiger partial charge < -0.3 is 14.8 Å². The lowest BCUT2D eigenvalue weighted by Crippen LogP contribution is -2.30. The van der Waals surface area contributed by atoms with Gasteiger partial charge in [0.2, 0.25) is 0 Å². The van der Waals surface area contributed by atoms with Crippen LogP contribution in [0, 0.1) is 0 Å². The van der Waals surface area contributed by atoms with Gasteiger partial charge in [-0.2, -0.15) is 5.10 Å². The van der Waals surface area contributed by atoms with Gasteiger partial charge in [-0.15, -0.1) is 0 Å². The molecular weight excluding hydrogens is 296 g/mol. The highest BCUT2D eigenvalue weighted by Crippen LogP contribution is 2.11. The predicted molar refractivity (Wildman–Crippen MR) is 87.8 cm³/mol. The highest BCUT2D eigenvalue weighted by Gasteiger charge is 2.04. The number of rotatable bonds is 8. The average molecular weight is 318 g/mol. The van der Waals surface area contributed by atoms with Gasteiger partial charge in [0.25, 0.3) is 0 Å². The van der Waals surface area contributed by atoms with Crippen molar-refractivity contribution in [1.29, 1.82) is 0 Å². The topological polar surface area (TPSA) is 77.4 Å². The van der Waals surface area contributed by atoms with E-state index in [-0.39, 0.29) is 6.03 Å². The minimum Gasteiger partial charge on any atom is -0.497 e. The van der Waals surface area contributed by atoms with E-state index < -0.39 is 0 Å². The molecule has 0 aliphatic carbocycles. The summed E-state index contributed by atoms with van der Waals surface area (Å²) in [7, 11) is 3.27. The number of nitrogens with one attached hydrogen (secondary N) is 2. The van der Waals surface area contributed by atoms with E-state index in [9.17, 15) is 4.79 Å². The summed E-state index contributed by atoms with van der Waals surface area (Å²) in [6.07, 6.45) is 2.55. The average Bonchev–Trinajstić information content (AvgIpc) is 3.01. The van der Waals surface area contributed by atoms with Gasteiger partial charge in [-0.05, 0) is 24.1 Å². The number of carbonyl (C=O) groups excluding carboxylic acids is 1. The number of urea groups is 1. The van der Waals surface area contributed by atoms with Gasteiger partial charge in [0.15, 0.2) is 5.82 Å². The van der Waals surface area contributed by atoms with E-state index in [1.54, 1.807) is 31.2 Å². The predicted octanol–water partition coefficient (Wildman–Crippen LogP) is 1.90. The van der Waals surface area contributed by atoms with Crippen LogP contribution in [0.4, 0.5) is 10.6 Å². The van der Waals surface area contributed by atoms with Gasteiger partial charge in [0, 0.05) is 25.9 Å². The molecule has 7 heteroatoms. The van der Waals surface area contributed by atoms with Gasteiger partial charge in [0.1, 0.15) is 5.75 Å². The fraction of sp³-hybridized carbons (Fsp3) is 0.375. The number of aromatic nitrogens is 2. The molecule has 23 heavy (non-hydrogen) atoms. The Morgan fingerprint density at radius 1 is 1.22 bits per heavy atom. The lowest BCUT2D eigenvalue weighted by molar-refractivity contribution is 0.183. The molecule has 124 valence electrons. The van der Waals surface area contributed by atoms with Crippen LogP contribution < -0.4 is 15.4 Å². The van der Waals surface area contributed by atoms with Crippen molar-refractivity contribution < 1.29 is 14.3 Å². The van der Waals surface area contributed by atoms with Crippen LogP contribution in [0.15, 0.2) is 36.5 Å². The first-order valence-electron chi connectivity index (χ1n) is 7.41. The van der Waals surface area contributed by atoms with Gasteiger partial charge in [-0.3, -0.25) is 10.00 Å². The molecule has 0 bridgehead atoms. The molecule has 1 aromatic heterocycles. The Hall–Kier alpha value is -2.54. The zero-order valence-electron chi connectivity index (χ0n) is 13.4. The SMILES string of the molecule is COCCn1ccc(NC(=O)NCCc2ccc(OC)cc2)n1. The first-order valence-corrected chi connectivity index (χ1v) is 7.41. The fourth-order valence-corrected chi connectivity index (χ4v) is 2.01. The Bertz CT molecular complexity index is 610. The van der Waals surface area contributed by atoms with Crippen molar-refractivity contribution in [2.45, 2.75) is 13.0 Å². The second-order valence-electron chi connectivity index (χ2n) is 4.94. The molecule has 2 N–H and O–H groups in total. The normalized spacial score (nSPS) is 10.3. The Labute approximate surface area is 135 Å². The zero-order chi connectivity index (χ0) is 16.5. The standard InChI is InChI=1S/C16H22N4O3/c1-22-12-11-20-10-8-15(19-20)18-16(21)17-9-7-13-3-5-14(23-2)6-4-13/h3-6,8,10H,7,9,11-12H2,1-2H3,(H2,17,18,19,21). The van der Waals surface area contributed by atoms with Gasteiger partial charge in [0.05, 0.1) is 20.3 Å². The number of ether oxygens (including phenoxy) is 2. The summed E-state index contributed by atoms with van der Waals surface area (Å²) in [5.74, 6) is 1.34. The van der Waals surface area contributed by atoms with Crippen LogP contribution in [0.5, 0.6) is 5.75 Å². The van der Waals surface area contributed by atoms with E-state index >= 15 is 0 Å². The number of hydrogen-bond donors (Lipinski definition) is 2. The maximum Gasteiger partial charge on any atom is 0.320 e. The summed E-state index contributed by atoms with van der Waals surface area (Å²) in [6.45, 7) is 1.77. The lowest BCUT2D eigenvalue weighted by atomic mass is 10.1. The number of methoxy groups -OCH3 is 2. The molecule has 0 saturated heterocycles. The molecule has 0 saturated carbocycles. The van der Waals surface area contributed by atoms with Crippen molar-refractivity contribution in [3.8, 4) is 5.75 Å². The summed E-state index contributed by atoms with van der Waals surface area (Å²) in [6, 6.07) is 9.25. The number of benzene rings is 1. The summed E-state index contributed by atoms with van der Waals surface area (Å²) in [4.78, 5) is 11.8. The smallest absolute Gasteiger partial charge is 0.320 e. The van der Waals surface area contributed by atoms with Crippen molar-refractivity contribution in [2.24, 2.45) is 0 Å². The zero-order valence-corrected chi connectivity index (χ0v) is 13.4.